The summed E-state index contributed by atoms with van der Waals surface area (Å²) in [6, 6.07) is 3.28. The minimum atomic E-state index is -0.872. The lowest BCUT2D eigenvalue weighted by Gasteiger charge is -2.40. The predicted octanol–water partition coefficient (Wildman–Crippen LogP) is 2.40. The maximum atomic E-state index is 12.7. The van der Waals surface area contributed by atoms with Crippen LogP contribution in [-0.4, -0.2) is 63.3 Å². The molecule has 0 bridgehead atoms. The van der Waals surface area contributed by atoms with Crippen LogP contribution in [0.1, 0.15) is 37.2 Å². The fourth-order valence-corrected chi connectivity index (χ4v) is 2.99. The van der Waals surface area contributed by atoms with Gasteiger partial charge in [0.2, 0.25) is 5.88 Å². The van der Waals surface area contributed by atoms with Crippen molar-refractivity contribution in [3.05, 3.63) is 17.8 Å². The monoisotopic (exact) mass is 395 g/mol. The van der Waals surface area contributed by atoms with E-state index in [9.17, 15) is 9.18 Å². The lowest BCUT2D eigenvalue weighted by molar-refractivity contribution is 0.0343. The molecule has 1 unspecified atom stereocenters. The van der Waals surface area contributed by atoms with Crippen molar-refractivity contribution in [2.24, 2.45) is 11.8 Å². The Morgan fingerprint density at radius 2 is 2.11 bits per heavy atom. The number of aromatic nitrogens is 1. The Morgan fingerprint density at radius 3 is 2.71 bits per heavy atom. The second kappa shape index (κ2) is 9.52. The van der Waals surface area contributed by atoms with E-state index in [2.05, 4.69) is 15.2 Å². The molecule has 0 spiro atoms. The Morgan fingerprint density at radius 1 is 1.36 bits per heavy atom. The van der Waals surface area contributed by atoms with Gasteiger partial charge in [-0.05, 0) is 36.8 Å². The zero-order chi connectivity index (χ0) is 20.1. The van der Waals surface area contributed by atoms with Crippen LogP contribution in [0.2, 0.25) is 0 Å². The summed E-state index contributed by atoms with van der Waals surface area (Å²) < 4.78 is 28.4. The first-order valence-corrected chi connectivity index (χ1v) is 9.88. The normalized spacial score (nSPS) is 18.1. The second-order valence-electron chi connectivity index (χ2n) is 7.84. The number of pyridine rings is 1. The minimum Gasteiger partial charge on any atom is -0.476 e. The average Bonchev–Trinajstić information content (AvgIpc) is 3.47. The van der Waals surface area contributed by atoms with Gasteiger partial charge < -0.3 is 24.4 Å². The van der Waals surface area contributed by atoms with Crippen LogP contribution in [0, 0.1) is 11.8 Å². The third kappa shape index (κ3) is 5.32. The molecule has 2 heterocycles. The van der Waals surface area contributed by atoms with Crippen molar-refractivity contribution in [3.8, 4) is 5.88 Å². The van der Waals surface area contributed by atoms with Crippen molar-refractivity contribution in [3.63, 3.8) is 0 Å². The Balaban J connectivity index is 1.71. The molecular weight excluding hydrogens is 365 g/mol. The lowest BCUT2D eigenvalue weighted by atomic mass is 10.1. The highest BCUT2D eigenvalue weighted by atomic mass is 19.1. The summed E-state index contributed by atoms with van der Waals surface area (Å²) in [4.78, 5) is 19.3. The zero-order valence-electron chi connectivity index (χ0n) is 16.8. The maximum Gasteiger partial charge on any atom is 0.270 e. The number of alkyl halides is 1. The summed E-state index contributed by atoms with van der Waals surface area (Å²) in [5.41, 5.74) is 1.16. The fourth-order valence-electron chi connectivity index (χ4n) is 2.99. The van der Waals surface area contributed by atoms with Crippen LogP contribution in [0.15, 0.2) is 12.1 Å². The molecule has 156 valence electrons. The number of halogens is 1. The predicted molar refractivity (Wildman–Crippen MR) is 103 cm³/mol. The molecule has 3 rings (SSSR count). The number of carbonyl (C=O) groups is 1. The SMILES string of the molecule is COC1CN(c2ccc(C(=O)NC(COCF)C(C)C)nc2OCC2CC2)C1. The molecule has 2 aliphatic rings. The Bertz CT molecular complexity index is 663. The Hall–Kier alpha value is -1.93. The molecule has 28 heavy (non-hydrogen) atoms. The van der Waals surface area contributed by atoms with Gasteiger partial charge in [0, 0.05) is 20.2 Å². The number of carbonyl (C=O) groups excluding carboxylic acids is 1. The van der Waals surface area contributed by atoms with Crippen molar-refractivity contribution < 1.29 is 23.4 Å². The van der Waals surface area contributed by atoms with Gasteiger partial charge >= 0.3 is 0 Å². The molecule has 8 heteroatoms. The average molecular weight is 395 g/mol. The molecule has 1 N–H and O–H groups in total. The van der Waals surface area contributed by atoms with Gasteiger partial charge in [0.05, 0.1) is 25.4 Å². The van der Waals surface area contributed by atoms with E-state index < -0.39 is 6.86 Å². The molecule has 1 amide bonds. The summed E-state index contributed by atoms with van der Waals surface area (Å²) in [6.45, 7) is 5.32. The van der Waals surface area contributed by atoms with Crippen LogP contribution in [-0.2, 0) is 9.47 Å². The standard InChI is InChI=1S/C20H30FN3O4/c1-13(2)17(11-27-12-21)22-19(25)16-6-7-18(24-8-15(9-24)26-3)20(23-16)28-10-14-4-5-14/h6-7,13-15,17H,4-5,8-12H2,1-3H3,(H,22,25). The number of nitrogens with zero attached hydrogens (tertiary/aromatic N) is 2. The van der Waals surface area contributed by atoms with Crippen LogP contribution in [0.4, 0.5) is 10.1 Å². The van der Waals surface area contributed by atoms with E-state index >= 15 is 0 Å². The fraction of sp³-hybridized carbons (Fsp3) is 0.700. The number of hydrogen-bond acceptors (Lipinski definition) is 6. The van der Waals surface area contributed by atoms with Crippen molar-refractivity contribution in [1.82, 2.24) is 10.3 Å². The first kappa shape index (κ1) is 20.8. The molecule has 1 aliphatic carbocycles. The third-order valence-corrected chi connectivity index (χ3v) is 5.24. The van der Waals surface area contributed by atoms with Crippen molar-refractivity contribution in [2.45, 2.75) is 38.8 Å². The summed E-state index contributed by atoms with van der Waals surface area (Å²) in [5.74, 6) is 0.850. The van der Waals surface area contributed by atoms with Crippen molar-refractivity contribution >= 4 is 11.6 Å². The summed E-state index contributed by atoms with van der Waals surface area (Å²) in [5, 5.41) is 2.88. The molecule has 0 aromatic carbocycles. The van der Waals surface area contributed by atoms with Crippen LogP contribution in [0.25, 0.3) is 0 Å². The van der Waals surface area contributed by atoms with Gasteiger partial charge in [-0.1, -0.05) is 13.8 Å². The highest BCUT2D eigenvalue weighted by Gasteiger charge is 2.31. The van der Waals surface area contributed by atoms with Crippen LogP contribution in [0.5, 0.6) is 5.88 Å². The number of methoxy groups -OCH3 is 1. The quantitative estimate of drug-likeness (QED) is 0.620. The van der Waals surface area contributed by atoms with E-state index in [-0.39, 0.29) is 36.3 Å². The molecule has 1 aromatic rings. The number of nitrogens with one attached hydrogen (secondary N) is 1. The first-order chi connectivity index (χ1) is 13.5. The minimum absolute atomic E-state index is 0.104. The zero-order valence-corrected chi connectivity index (χ0v) is 16.8. The summed E-state index contributed by atoms with van der Waals surface area (Å²) in [7, 11) is 1.70. The number of anilines is 1. The van der Waals surface area contributed by atoms with Gasteiger partial charge in [-0.15, -0.1) is 0 Å². The van der Waals surface area contributed by atoms with Crippen LogP contribution >= 0.6 is 0 Å². The molecule has 1 aliphatic heterocycles. The largest absolute Gasteiger partial charge is 0.476 e. The molecule has 0 radical (unpaired) electrons. The summed E-state index contributed by atoms with van der Waals surface area (Å²) in [6.07, 6.45) is 2.56. The highest BCUT2D eigenvalue weighted by Crippen LogP contribution is 2.34. The van der Waals surface area contributed by atoms with E-state index in [4.69, 9.17) is 14.2 Å². The molecular formula is C20H30FN3O4. The van der Waals surface area contributed by atoms with Gasteiger partial charge in [0.15, 0.2) is 6.86 Å². The Labute approximate surface area is 165 Å². The molecule has 1 atom stereocenters. The molecule has 7 nitrogen and oxygen atoms in total. The van der Waals surface area contributed by atoms with E-state index in [1.54, 1.807) is 13.2 Å². The maximum absolute atomic E-state index is 12.7. The van der Waals surface area contributed by atoms with Gasteiger partial charge in [-0.3, -0.25) is 4.79 Å². The first-order valence-electron chi connectivity index (χ1n) is 9.88. The molecule has 1 saturated carbocycles. The lowest BCUT2D eigenvalue weighted by Crippen LogP contribution is -2.52. The van der Waals surface area contributed by atoms with Gasteiger partial charge in [-0.2, -0.15) is 0 Å². The van der Waals surface area contributed by atoms with Crippen LogP contribution < -0.4 is 15.0 Å². The second-order valence-corrected chi connectivity index (χ2v) is 7.84. The van der Waals surface area contributed by atoms with Gasteiger partial charge in [0.25, 0.3) is 5.91 Å². The smallest absolute Gasteiger partial charge is 0.270 e. The van der Waals surface area contributed by atoms with Gasteiger partial charge in [0.1, 0.15) is 11.4 Å². The van der Waals surface area contributed by atoms with E-state index in [1.165, 1.54) is 12.8 Å². The third-order valence-electron chi connectivity index (χ3n) is 5.24. The molecule has 1 aromatic heterocycles. The molecule has 1 saturated heterocycles. The van der Waals surface area contributed by atoms with E-state index in [1.807, 2.05) is 19.9 Å². The van der Waals surface area contributed by atoms with E-state index in [0.717, 1.165) is 18.8 Å². The van der Waals surface area contributed by atoms with Crippen molar-refractivity contribution in [1.29, 1.82) is 0 Å². The van der Waals surface area contributed by atoms with Crippen molar-refractivity contribution in [2.75, 3.05) is 45.2 Å². The number of hydrogen-bond donors (Lipinski definition) is 1. The number of amides is 1. The summed E-state index contributed by atoms with van der Waals surface area (Å²) >= 11 is 0. The molecule has 2 fully saturated rings. The number of ether oxygens (including phenoxy) is 3. The topological polar surface area (TPSA) is 72.9 Å². The Kier molecular flexibility index (Phi) is 7.07. The highest BCUT2D eigenvalue weighted by molar-refractivity contribution is 5.93. The van der Waals surface area contributed by atoms with Crippen LogP contribution in [0.3, 0.4) is 0 Å². The number of rotatable bonds is 11. The van der Waals surface area contributed by atoms with E-state index in [0.29, 0.717) is 18.4 Å². The van der Waals surface area contributed by atoms with Gasteiger partial charge in [-0.25, -0.2) is 9.37 Å².